The molecule has 0 aromatic rings. The van der Waals surface area contributed by atoms with Gasteiger partial charge in [-0.3, -0.25) is 4.79 Å². The molecule has 4 rings (SSSR count). The number of Topliss-reactive ketones (excluding diaryl/α,β-unsaturated/α-hetero) is 1. The molecule has 4 aliphatic carbocycles. The first-order valence-electron chi connectivity index (χ1n) is 12.7. The molecule has 4 aliphatic rings. The van der Waals surface area contributed by atoms with Crippen LogP contribution in [0, 0.1) is 46.3 Å². The Morgan fingerprint density at radius 3 is 2.43 bits per heavy atom. The van der Waals surface area contributed by atoms with Gasteiger partial charge in [0.2, 0.25) is 0 Å². The lowest BCUT2D eigenvalue weighted by Gasteiger charge is -2.52. The number of carbonyl (C=O) groups excluding carboxylic acids is 1. The van der Waals surface area contributed by atoms with Crippen LogP contribution >= 0.6 is 0 Å². The van der Waals surface area contributed by atoms with Crippen LogP contribution in [0.5, 0.6) is 0 Å². The van der Waals surface area contributed by atoms with Crippen molar-refractivity contribution < 1.29 is 15.0 Å². The highest BCUT2D eigenvalue weighted by molar-refractivity contribution is 5.90. The molecular weight excluding hydrogens is 372 g/mol. The second-order valence-corrected chi connectivity index (χ2v) is 12.2. The number of aliphatic hydroxyl groups is 2. The van der Waals surface area contributed by atoms with E-state index >= 15 is 0 Å². The van der Waals surface area contributed by atoms with Crippen LogP contribution in [-0.2, 0) is 4.79 Å². The zero-order valence-electron chi connectivity index (χ0n) is 19.9. The second kappa shape index (κ2) is 8.03. The summed E-state index contributed by atoms with van der Waals surface area (Å²) in [6, 6.07) is 0. The van der Waals surface area contributed by atoms with E-state index in [1.165, 1.54) is 44.1 Å². The van der Waals surface area contributed by atoms with Crippen molar-refractivity contribution >= 4 is 5.78 Å². The van der Waals surface area contributed by atoms with Crippen LogP contribution in [0.1, 0.15) is 92.4 Å². The number of rotatable bonds is 5. The second-order valence-electron chi connectivity index (χ2n) is 12.2. The van der Waals surface area contributed by atoms with Gasteiger partial charge in [0.05, 0.1) is 18.1 Å². The van der Waals surface area contributed by atoms with Crippen molar-refractivity contribution in [2.24, 2.45) is 46.3 Å². The van der Waals surface area contributed by atoms with Gasteiger partial charge in [0.1, 0.15) is 5.78 Å². The van der Waals surface area contributed by atoms with E-state index in [4.69, 9.17) is 0 Å². The average molecular weight is 417 g/mol. The first kappa shape index (κ1) is 22.5. The lowest BCUT2D eigenvalue weighted by Crippen LogP contribution is -2.52. The fraction of sp³-hybridized carbons (Fsp3) is 0.889. The van der Waals surface area contributed by atoms with Gasteiger partial charge >= 0.3 is 0 Å². The lowest BCUT2D eigenvalue weighted by atomic mass is 9.52. The highest BCUT2D eigenvalue weighted by Crippen LogP contribution is 2.65. The summed E-state index contributed by atoms with van der Waals surface area (Å²) in [4.78, 5) is 13.4. The minimum Gasteiger partial charge on any atom is -0.392 e. The fourth-order valence-electron chi connectivity index (χ4n) is 8.27. The quantitative estimate of drug-likeness (QED) is 0.579. The summed E-state index contributed by atoms with van der Waals surface area (Å²) in [5, 5.41) is 21.5. The smallest absolute Gasteiger partial charge is 0.147 e. The van der Waals surface area contributed by atoms with E-state index in [-0.39, 0.29) is 17.1 Å². The van der Waals surface area contributed by atoms with Gasteiger partial charge < -0.3 is 10.2 Å². The van der Waals surface area contributed by atoms with Gasteiger partial charge in [-0.1, -0.05) is 65.5 Å². The molecular formula is C27H44O3. The molecule has 3 nitrogen and oxygen atoms in total. The molecule has 2 N–H and O–H groups in total. The summed E-state index contributed by atoms with van der Waals surface area (Å²) in [6.45, 7) is 11.7. The van der Waals surface area contributed by atoms with E-state index in [0.29, 0.717) is 12.3 Å². The Balaban J connectivity index is 1.60. The molecule has 2 bridgehead atoms. The van der Waals surface area contributed by atoms with E-state index < -0.39 is 23.5 Å². The van der Waals surface area contributed by atoms with Gasteiger partial charge in [0.15, 0.2) is 0 Å². The monoisotopic (exact) mass is 416 g/mol. The Labute approximate surface area is 183 Å². The van der Waals surface area contributed by atoms with Crippen molar-refractivity contribution in [2.75, 3.05) is 0 Å². The Morgan fingerprint density at radius 2 is 1.73 bits per heavy atom. The number of allylic oxidation sites excluding steroid dienone is 1. The molecule has 0 aromatic heterocycles. The van der Waals surface area contributed by atoms with E-state index in [0.717, 1.165) is 30.6 Å². The molecule has 0 unspecified atom stereocenters. The third-order valence-corrected chi connectivity index (χ3v) is 10.1. The minimum absolute atomic E-state index is 0.116. The molecule has 3 fully saturated rings. The molecule has 9 atom stereocenters. The molecule has 0 aliphatic heterocycles. The Bertz CT molecular complexity index is 696. The zero-order valence-corrected chi connectivity index (χ0v) is 19.9. The van der Waals surface area contributed by atoms with Crippen molar-refractivity contribution in [3.8, 4) is 0 Å². The third kappa shape index (κ3) is 3.43. The molecule has 0 spiro atoms. The highest BCUT2D eigenvalue weighted by Gasteiger charge is 2.60. The summed E-state index contributed by atoms with van der Waals surface area (Å²) in [7, 11) is 0. The van der Waals surface area contributed by atoms with Crippen LogP contribution < -0.4 is 0 Å². The van der Waals surface area contributed by atoms with Crippen molar-refractivity contribution in [3.63, 3.8) is 0 Å². The normalized spacial score (nSPS) is 46.8. The predicted octanol–water partition coefficient (Wildman–Crippen LogP) is 5.54. The first-order valence-corrected chi connectivity index (χ1v) is 12.7. The van der Waals surface area contributed by atoms with Crippen molar-refractivity contribution in [1.82, 2.24) is 0 Å². The minimum atomic E-state index is -0.822. The largest absolute Gasteiger partial charge is 0.392 e. The standard InChI is InChI=1S/C27H44O3/c1-16(2)7-6-8-17(3)19-9-10-20-18-15-23(29)24-22(28)12-14-27(5,25(24)30)21(18)11-13-26(19,20)4/h15-17,19-24,28-29H,6-14H2,1-5H3/t17-,19-,20+,21+,22+,23-,24+,26-,27-/m1/s1. The van der Waals surface area contributed by atoms with Crippen LogP contribution in [0.25, 0.3) is 0 Å². The Hall–Kier alpha value is -0.670. The topological polar surface area (TPSA) is 57.5 Å². The number of ketones is 1. The van der Waals surface area contributed by atoms with E-state index in [1.54, 1.807) is 0 Å². The van der Waals surface area contributed by atoms with Gasteiger partial charge in [-0.2, -0.15) is 0 Å². The van der Waals surface area contributed by atoms with Crippen LogP contribution in [0.2, 0.25) is 0 Å². The summed E-state index contributed by atoms with van der Waals surface area (Å²) in [5.41, 5.74) is 1.26. The van der Waals surface area contributed by atoms with Crippen LogP contribution in [-0.4, -0.2) is 28.2 Å². The maximum Gasteiger partial charge on any atom is 0.147 e. The first-order chi connectivity index (χ1) is 14.1. The zero-order chi connectivity index (χ0) is 21.8. The Kier molecular flexibility index (Phi) is 6.03. The summed E-state index contributed by atoms with van der Waals surface area (Å²) >= 11 is 0. The Morgan fingerprint density at radius 1 is 1.00 bits per heavy atom. The van der Waals surface area contributed by atoms with Crippen molar-refractivity contribution in [3.05, 3.63) is 11.6 Å². The van der Waals surface area contributed by atoms with Gasteiger partial charge in [-0.25, -0.2) is 0 Å². The highest BCUT2D eigenvalue weighted by atomic mass is 16.3. The number of aliphatic hydroxyl groups excluding tert-OH is 2. The number of hydrogen-bond acceptors (Lipinski definition) is 3. The molecule has 3 heteroatoms. The van der Waals surface area contributed by atoms with Gasteiger partial charge in [-0.15, -0.1) is 0 Å². The van der Waals surface area contributed by atoms with Gasteiger partial charge in [-0.05, 0) is 73.5 Å². The van der Waals surface area contributed by atoms with Crippen LogP contribution in [0.4, 0.5) is 0 Å². The van der Waals surface area contributed by atoms with Crippen LogP contribution in [0.3, 0.4) is 0 Å². The van der Waals surface area contributed by atoms with E-state index in [1.807, 2.05) is 6.08 Å². The molecule has 0 radical (unpaired) electrons. The maximum absolute atomic E-state index is 13.4. The summed E-state index contributed by atoms with van der Waals surface area (Å²) in [6.07, 6.45) is 10.6. The number of hydrogen-bond donors (Lipinski definition) is 2. The number of carbonyl (C=O) groups is 1. The predicted molar refractivity (Wildman–Crippen MR) is 121 cm³/mol. The van der Waals surface area contributed by atoms with Crippen molar-refractivity contribution in [2.45, 2.75) is 105 Å². The van der Waals surface area contributed by atoms with Gasteiger partial charge in [0, 0.05) is 5.41 Å². The molecule has 0 heterocycles. The molecule has 30 heavy (non-hydrogen) atoms. The molecule has 0 aromatic carbocycles. The summed E-state index contributed by atoms with van der Waals surface area (Å²) < 4.78 is 0. The van der Waals surface area contributed by atoms with Gasteiger partial charge in [0.25, 0.3) is 0 Å². The van der Waals surface area contributed by atoms with E-state index in [9.17, 15) is 15.0 Å². The fourth-order valence-corrected chi connectivity index (χ4v) is 8.27. The van der Waals surface area contributed by atoms with Crippen molar-refractivity contribution in [1.29, 1.82) is 0 Å². The third-order valence-electron chi connectivity index (χ3n) is 10.1. The van der Waals surface area contributed by atoms with Crippen LogP contribution in [0.15, 0.2) is 11.6 Å². The lowest BCUT2D eigenvalue weighted by molar-refractivity contribution is -0.149. The van der Waals surface area contributed by atoms with E-state index in [2.05, 4.69) is 34.6 Å². The maximum atomic E-state index is 13.4. The average Bonchev–Trinajstić information content (AvgIpc) is 3.00. The molecule has 0 amide bonds. The number of fused-ring (bicyclic) bond motifs is 6. The molecule has 3 saturated carbocycles. The molecule has 0 saturated heterocycles. The molecule has 170 valence electrons. The SMILES string of the molecule is CC(C)CCC[C@@H](C)[C@H]1CC[C@H]2C3=C[C@@H](O)[C@H]4C(=O)[C@](C)(CC[C@@H]4O)[C@H]3CC[C@]12C. The summed E-state index contributed by atoms with van der Waals surface area (Å²) in [5.74, 6) is 2.50.